The lowest BCUT2D eigenvalue weighted by Gasteiger charge is -2.17. The van der Waals surface area contributed by atoms with Gasteiger partial charge in [-0.1, -0.05) is 0 Å². The summed E-state index contributed by atoms with van der Waals surface area (Å²) in [6.45, 7) is 0. The van der Waals surface area contributed by atoms with E-state index in [1.807, 2.05) is 0 Å². The molecular weight excluding hydrogens is 256 g/mol. The molecule has 100 valence electrons. The van der Waals surface area contributed by atoms with Gasteiger partial charge in [0, 0.05) is 12.4 Å². The van der Waals surface area contributed by atoms with Gasteiger partial charge in [0.15, 0.2) is 11.7 Å². The molecule has 0 amide bonds. The number of anilines is 2. The zero-order chi connectivity index (χ0) is 13.9. The maximum atomic E-state index is 5.83. The number of nitrogens with two attached hydrogens (primary N) is 2. The molecular formula is C12H12N8. The molecule has 6 N–H and O–H groups in total. The molecule has 0 bridgehead atoms. The van der Waals surface area contributed by atoms with Crippen molar-refractivity contribution in [3.8, 4) is 0 Å². The lowest BCUT2D eigenvalue weighted by atomic mass is 10.2. The Morgan fingerprint density at radius 1 is 0.750 bits per heavy atom. The number of nitrogen functional groups attached to an aromatic ring is 2. The van der Waals surface area contributed by atoms with Gasteiger partial charge >= 0.3 is 0 Å². The maximum absolute atomic E-state index is 5.83. The molecule has 0 aromatic carbocycles. The van der Waals surface area contributed by atoms with Crippen LogP contribution in [0.1, 0.15) is 11.4 Å². The Kier molecular flexibility index (Phi) is 2.88. The van der Waals surface area contributed by atoms with Gasteiger partial charge in [-0.2, -0.15) is 0 Å². The van der Waals surface area contributed by atoms with Crippen molar-refractivity contribution in [1.29, 1.82) is 0 Å². The Balaban J connectivity index is 1.94. The molecule has 8 heteroatoms. The highest BCUT2D eigenvalue weighted by molar-refractivity contribution is 6.08. The normalized spacial score (nSPS) is 13.8. The van der Waals surface area contributed by atoms with Crippen LogP contribution in [0.3, 0.4) is 0 Å². The summed E-state index contributed by atoms with van der Waals surface area (Å²) in [5.41, 5.74) is 19.5. The number of aromatic nitrogens is 2. The van der Waals surface area contributed by atoms with E-state index in [0.29, 0.717) is 34.4 Å². The zero-order valence-corrected chi connectivity index (χ0v) is 10.4. The standard InChI is InChI=1S/C12H12N8/c13-7-3-1-5-15-9(7)11-17-19-12(20-18-11)10-8(14)4-2-6-16-10/h1-6H,13-14H2,(H,17,18)(H,19,20). The third kappa shape index (κ3) is 2.09. The Labute approximate surface area is 114 Å². The number of rotatable bonds is 2. The van der Waals surface area contributed by atoms with Gasteiger partial charge in [-0.15, -0.1) is 10.2 Å². The second-order valence-electron chi connectivity index (χ2n) is 4.03. The van der Waals surface area contributed by atoms with Gasteiger partial charge in [-0.25, -0.2) is 0 Å². The first kappa shape index (κ1) is 11.9. The Morgan fingerprint density at radius 3 is 1.55 bits per heavy atom. The highest BCUT2D eigenvalue weighted by Crippen LogP contribution is 2.11. The number of pyridine rings is 2. The molecule has 1 aliphatic heterocycles. The molecule has 0 saturated carbocycles. The Morgan fingerprint density at radius 2 is 1.20 bits per heavy atom. The SMILES string of the molecule is Nc1cccnc1C1=NN=C(c2ncccc2N)NN1. The molecule has 1 aliphatic rings. The van der Waals surface area contributed by atoms with E-state index in [0.717, 1.165) is 0 Å². The summed E-state index contributed by atoms with van der Waals surface area (Å²) in [6, 6.07) is 6.98. The van der Waals surface area contributed by atoms with E-state index in [1.54, 1.807) is 36.7 Å². The summed E-state index contributed by atoms with van der Waals surface area (Å²) in [7, 11) is 0. The van der Waals surface area contributed by atoms with E-state index in [9.17, 15) is 0 Å². The van der Waals surface area contributed by atoms with Gasteiger partial charge in [0.05, 0.1) is 11.4 Å². The summed E-state index contributed by atoms with van der Waals surface area (Å²) in [4.78, 5) is 8.30. The van der Waals surface area contributed by atoms with E-state index in [-0.39, 0.29) is 0 Å². The third-order valence-corrected chi connectivity index (χ3v) is 2.68. The van der Waals surface area contributed by atoms with Crippen molar-refractivity contribution >= 4 is 23.0 Å². The summed E-state index contributed by atoms with van der Waals surface area (Å²) in [5.74, 6) is 0.864. The van der Waals surface area contributed by atoms with E-state index >= 15 is 0 Å². The van der Waals surface area contributed by atoms with Crippen molar-refractivity contribution < 1.29 is 0 Å². The van der Waals surface area contributed by atoms with Crippen molar-refractivity contribution in [2.75, 3.05) is 11.5 Å². The topological polar surface area (TPSA) is 127 Å². The van der Waals surface area contributed by atoms with Crippen LogP contribution in [-0.2, 0) is 0 Å². The van der Waals surface area contributed by atoms with E-state index in [2.05, 4.69) is 31.0 Å². The number of hydrazine groups is 1. The van der Waals surface area contributed by atoms with Crippen LogP contribution >= 0.6 is 0 Å². The fourth-order valence-corrected chi connectivity index (χ4v) is 1.71. The molecule has 0 aliphatic carbocycles. The molecule has 2 aromatic heterocycles. The van der Waals surface area contributed by atoms with Crippen LogP contribution in [0, 0.1) is 0 Å². The van der Waals surface area contributed by atoms with Crippen LogP contribution in [0.25, 0.3) is 0 Å². The molecule has 3 rings (SSSR count). The number of hydrogen-bond donors (Lipinski definition) is 4. The average molecular weight is 268 g/mol. The number of nitrogens with one attached hydrogen (secondary N) is 2. The molecule has 20 heavy (non-hydrogen) atoms. The van der Waals surface area contributed by atoms with Gasteiger partial charge in [0.2, 0.25) is 0 Å². The molecule has 0 atom stereocenters. The summed E-state index contributed by atoms with van der Waals surface area (Å²) >= 11 is 0. The molecule has 8 nitrogen and oxygen atoms in total. The van der Waals surface area contributed by atoms with E-state index in [1.165, 1.54) is 0 Å². The minimum Gasteiger partial charge on any atom is -0.397 e. The zero-order valence-electron chi connectivity index (χ0n) is 10.4. The molecule has 0 radical (unpaired) electrons. The van der Waals surface area contributed by atoms with Gasteiger partial charge in [-0.05, 0) is 24.3 Å². The first-order chi connectivity index (χ1) is 9.75. The smallest absolute Gasteiger partial charge is 0.195 e. The van der Waals surface area contributed by atoms with Crippen LogP contribution in [0.5, 0.6) is 0 Å². The van der Waals surface area contributed by atoms with Crippen molar-refractivity contribution in [3.05, 3.63) is 48.0 Å². The quantitative estimate of drug-likeness (QED) is 0.600. The summed E-state index contributed by atoms with van der Waals surface area (Å²) < 4.78 is 0. The maximum Gasteiger partial charge on any atom is 0.195 e. The fraction of sp³-hybridized carbons (Fsp3) is 0. The number of nitrogens with zero attached hydrogens (tertiary/aromatic N) is 4. The molecule has 0 fully saturated rings. The lowest BCUT2D eigenvalue weighted by molar-refractivity contribution is 0.818. The Hall–Kier alpha value is -3.16. The third-order valence-electron chi connectivity index (χ3n) is 2.68. The van der Waals surface area contributed by atoms with Crippen LogP contribution in [-0.4, -0.2) is 21.6 Å². The Bertz CT molecular complexity index is 645. The largest absolute Gasteiger partial charge is 0.397 e. The van der Waals surface area contributed by atoms with Crippen LogP contribution in [0.15, 0.2) is 46.9 Å². The van der Waals surface area contributed by atoms with Gasteiger partial charge in [0.1, 0.15) is 11.4 Å². The first-order valence-electron chi connectivity index (χ1n) is 5.85. The highest BCUT2D eigenvalue weighted by Gasteiger charge is 2.16. The lowest BCUT2D eigenvalue weighted by Crippen LogP contribution is -2.46. The van der Waals surface area contributed by atoms with Crippen LogP contribution < -0.4 is 22.3 Å². The molecule has 0 spiro atoms. The van der Waals surface area contributed by atoms with Crippen molar-refractivity contribution in [2.24, 2.45) is 10.2 Å². The van der Waals surface area contributed by atoms with Gasteiger partial charge < -0.3 is 11.5 Å². The fourth-order valence-electron chi connectivity index (χ4n) is 1.71. The van der Waals surface area contributed by atoms with Crippen LogP contribution in [0.4, 0.5) is 11.4 Å². The van der Waals surface area contributed by atoms with Crippen LogP contribution in [0.2, 0.25) is 0 Å². The first-order valence-corrected chi connectivity index (χ1v) is 5.85. The van der Waals surface area contributed by atoms with Gasteiger partial charge in [-0.3, -0.25) is 20.8 Å². The predicted octanol–water partition coefficient (Wildman–Crippen LogP) is -0.143. The average Bonchev–Trinajstić information content (AvgIpc) is 2.49. The van der Waals surface area contributed by atoms with Crippen molar-refractivity contribution in [3.63, 3.8) is 0 Å². The second-order valence-corrected chi connectivity index (χ2v) is 4.03. The summed E-state index contributed by atoms with van der Waals surface area (Å²) in [6.07, 6.45) is 3.26. The minimum atomic E-state index is 0.432. The highest BCUT2D eigenvalue weighted by atomic mass is 15.5. The predicted molar refractivity (Wildman–Crippen MR) is 76.6 cm³/mol. The number of amidine groups is 2. The monoisotopic (exact) mass is 268 g/mol. The van der Waals surface area contributed by atoms with Crippen molar-refractivity contribution in [2.45, 2.75) is 0 Å². The molecule has 0 saturated heterocycles. The molecule has 3 heterocycles. The second kappa shape index (κ2) is 4.84. The van der Waals surface area contributed by atoms with E-state index in [4.69, 9.17) is 11.5 Å². The van der Waals surface area contributed by atoms with E-state index < -0.39 is 0 Å². The molecule has 2 aromatic rings. The van der Waals surface area contributed by atoms with Crippen molar-refractivity contribution in [1.82, 2.24) is 20.8 Å². The molecule has 0 unspecified atom stereocenters. The van der Waals surface area contributed by atoms with Gasteiger partial charge in [0.25, 0.3) is 0 Å². The summed E-state index contributed by atoms with van der Waals surface area (Å²) in [5, 5.41) is 8.10. The minimum absolute atomic E-state index is 0.432. The number of hydrogen-bond acceptors (Lipinski definition) is 8.